The van der Waals surface area contributed by atoms with Crippen LogP contribution in [0.2, 0.25) is 5.02 Å². The summed E-state index contributed by atoms with van der Waals surface area (Å²) in [6.45, 7) is 0. The summed E-state index contributed by atoms with van der Waals surface area (Å²) in [5.41, 5.74) is 0.432. The maximum atomic E-state index is 13.9. The van der Waals surface area contributed by atoms with Gasteiger partial charge in [0, 0.05) is 5.02 Å². The van der Waals surface area contributed by atoms with Crippen molar-refractivity contribution >= 4 is 27.5 Å². The topological polar surface area (TPSA) is 34.1 Å². The highest BCUT2D eigenvalue weighted by Crippen LogP contribution is 2.22. The first-order chi connectivity index (χ1) is 9.00. The van der Waals surface area contributed by atoms with Crippen LogP contribution in [0.1, 0.15) is 5.56 Å². The van der Waals surface area contributed by atoms with Gasteiger partial charge in [-0.1, -0.05) is 41.9 Å². The lowest BCUT2D eigenvalue weighted by molar-refractivity contribution is 0.579. The van der Waals surface area contributed by atoms with Crippen LogP contribution in [0.3, 0.4) is 0 Å². The molecule has 0 aliphatic rings. The highest BCUT2D eigenvalue weighted by molar-refractivity contribution is 7.95. The van der Waals surface area contributed by atoms with Crippen LogP contribution in [0, 0.1) is 0 Å². The summed E-state index contributed by atoms with van der Waals surface area (Å²) >= 11 is 5.70. The van der Waals surface area contributed by atoms with Crippen molar-refractivity contribution in [2.45, 2.75) is 4.90 Å². The van der Waals surface area contributed by atoms with E-state index in [0.717, 1.165) is 6.08 Å². The monoisotopic (exact) mass is 296 g/mol. The Morgan fingerprint density at radius 1 is 1.00 bits per heavy atom. The molecule has 98 valence electrons. The second kappa shape index (κ2) is 5.55. The van der Waals surface area contributed by atoms with Gasteiger partial charge in [0.25, 0.3) is 0 Å². The van der Waals surface area contributed by atoms with Gasteiger partial charge in [-0.2, -0.15) is 4.39 Å². The first-order valence-electron chi connectivity index (χ1n) is 5.43. The molecule has 2 nitrogen and oxygen atoms in total. The quantitative estimate of drug-likeness (QED) is 0.855. The molecule has 0 bridgehead atoms. The van der Waals surface area contributed by atoms with E-state index in [1.807, 2.05) is 0 Å². The number of hydrogen-bond acceptors (Lipinski definition) is 2. The summed E-state index contributed by atoms with van der Waals surface area (Å²) in [7, 11) is -4.09. The van der Waals surface area contributed by atoms with E-state index in [0.29, 0.717) is 10.6 Å². The summed E-state index contributed by atoms with van der Waals surface area (Å²) in [6.07, 6.45) is 0.971. The maximum absolute atomic E-state index is 13.9. The van der Waals surface area contributed by atoms with Gasteiger partial charge in [-0.15, -0.1) is 0 Å². The SMILES string of the molecule is O=S(=O)(/C(F)=C/c1ccc(Cl)cc1)c1ccccc1. The number of rotatable bonds is 3. The van der Waals surface area contributed by atoms with Crippen molar-refractivity contribution < 1.29 is 12.8 Å². The second-order valence-corrected chi connectivity index (χ2v) is 6.12. The van der Waals surface area contributed by atoms with Gasteiger partial charge in [-0.3, -0.25) is 0 Å². The van der Waals surface area contributed by atoms with Gasteiger partial charge in [0.15, 0.2) is 0 Å². The Kier molecular flexibility index (Phi) is 4.02. The minimum Gasteiger partial charge on any atom is -0.216 e. The molecule has 2 aromatic carbocycles. The van der Waals surface area contributed by atoms with Crippen LogP contribution in [0.15, 0.2) is 64.7 Å². The average molecular weight is 297 g/mol. The Labute approximate surface area is 116 Å². The van der Waals surface area contributed by atoms with Gasteiger partial charge >= 0.3 is 0 Å². The van der Waals surface area contributed by atoms with E-state index in [4.69, 9.17) is 11.6 Å². The molecule has 0 atom stereocenters. The van der Waals surface area contributed by atoms with Crippen LogP contribution < -0.4 is 0 Å². The molecular formula is C14H10ClFO2S. The van der Waals surface area contributed by atoms with E-state index in [9.17, 15) is 12.8 Å². The molecule has 19 heavy (non-hydrogen) atoms. The minimum absolute atomic E-state index is 0.0716. The van der Waals surface area contributed by atoms with Crippen LogP contribution in [0.25, 0.3) is 6.08 Å². The standard InChI is InChI=1S/C14H10ClFO2S/c15-12-8-6-11(7-9-12)10-14(16)19(17,18)13-4-2-1-3-5-13/h1-10H/b14-10+. The second-order valence-electron chi connectivity index (χ2n) is 3.82. The maximum Gasteiger partial charge on any atom is 0.233 e. The smallest absolute Gasteiger partial charge is 0.216 e. The summed E-state index contributed by atoms with van der Waals surface area (Å²) in [5, 5.41) is -0.690. The van der Waals surface area contributed by atoms with E-state index < -0.39 is 15.0 Å². The van der Waals surface area contributed by atoms with Crippen molar-refractivity contribution in [1.29, 1.82) is 0 Å². The molecular weight excluding hydrogens is 287 g/mol. The van der Waals surface area contributed by atoms with Crippen molar-refractivity contribution in [3.05, 3.63) is 70.3 Å². The van der Waals surface area contributed by atoms with Gasteiger partial charge in [0.05, 0.1) is 4.90 Å². The van der Waals surface area contributed by atoms with E-state index in [1.165, 1.54) is 12.1 Å². The molecule has 0 aliphatic carbocycles. The number of benzene rings is 2. The van der Waals surface area contributed by atoms with Crippen LogP contribution in [-0.2, 0) is 9.84 Å². The van der Waals surface area contributed by atoms with Gasteiger partial charge in [0.1, 0.15) is 0 Å². The number of sulfone groups is 1. The lowest BCUT2D eigenvalue weighted by Gasteiger charge is -2.01. The molecule has 0 heterocycles. The zero-order valence-electron chi connectivity index (χ0n) is 9.75. The Morgan fingerprint density at radius 3 is 2.16 bits per heavy atom. The third kappa shape index (κ3) is 3.22. The molecule has 0 saturated carbocycles. The van der Waals surface area contributed by atoms with Crippen LogP contribution >= 0.6 is 11.6 Å². The van der Waals surface area contributed by atoms with Crippen LogP contribution in [-0.4, -0.2) is 8.42 Å². The molecule has 0 fully saturated rings. The normalized spacial score (nSPS) is 12.4. The Balaban J connectivity index is 2.38. The predicted octanol–water partition coefficient (Wildman–Crippen LogP) is 4.08. The Bertz CT molecular complexity index is 692. The number of halogens is 2. The van der Waals surface area contributed by atoms with Crippen molar-refractivity contribution in [3.8, 4) is 0 Å². The van der Waals surface area contributed by atoms with Gasteiger partial charge < -0.3 is 0 Å². The fraction of sp³-hybridized carbons (Fsp3) is 0. The summed E-state index contributed by atoms with van der Waals surface area (Å²) in [4.78, 5) is -0.0716. The first kappa shape index (κ1) is 13.8. The van der Waals surface area contributed by atoms with Crippen molar-refractivity contribution in [2.24, 2.45) is 0 Å². The third-order valence-corrected chi connectivity index (χ3v) is 4.24. The van der Waals surface area contributed by atoms with E-state index >= 15 is 0 Å². The zero-order valence-corrected chi connectivity index (χ0v) is 11.3. The molecule has 0 saturated heterocycles. The highest BCUT2D eigenvalue weighted by atomic mass is 35.5. The molecule has 0 aromatic heterocycles. The summed E-state index contributed by atoms with van der Waals surface area (Å²) < 4.78 is 37.8. The third-order valence-electron chi connectivity index (χ3n) is 2.46. The van der Waals surface area contributed by atoms with Gasteiger partial charge in [0.2, 0.25) is 15.0 Å². The summed E-state index contributed by atoms with van der Waals surface area (Å²) in [6, 6.07) is 13.7. The van der Waals surface area contributed by atoms with Crippen molar-refractivity contribution in [1.82, 2.24) is 0 Å². The first-order valence-corrected chi connectivity index (χ1v) is 7.29. The van der Waals surface area contributed by atoms with Crippen LogP contribution in [0.5, 0.6) is 0 Å². The lowest BCUT2D eigenvalue weighted by atomic mass is 10.2. The highest BCUT2D eigenvalue weighted by Gasteiger charge is 2.20. The predicted molar refractivity (Wildman–Crippen MR) is 74.2 cm³/mol. The van der Waals surface area contributed by atoms with E-state index in [2.05, 4.69) is 0 Å². The molecule has 0 spiro atoms. The molecule has 0 unspecified atom stereocenters. The van der Waals surface area contributed by atoms with Gasteiger partial charge in [-0.05, 0) is 35.9 Å². The van der Waals surface area contributed by atoms with Crippen molar-refractivity contribution in [2.75, 3.05) is 0 Å². The molecule has 2 rings (SSSR count). The molecule has 0 amide bonds. The lowest BCUT2D eigenvalue weighted by Crippen LogP contribution is -2.00. The fourth-order valence-corrected chi connectivity index (χ4v) is 2.64. The number of hydrogen-bond donors (Lipinski definition) is 0. The van der Waals surface area contributed by atoms with Gasteiger partial charge in [-0.25, -0.2) is 8.42 Å². The summed E-state index contributed by atoms with van der Waals surface area (Å²) in [5.74, 6) is 0. The molecule has 0 N–H and O–H groups in total. The fourth-order valence-electron chi connectivity index (χ4n) is 1.48. The molecule has 5 heteroatoms. The Hall–Kier alpha value is -1.65. The van der Waals surface area contributed by atoms with E-state index in [1.54, 1.807) is 42.5 Å². The zero-order chi connectivity index (χ0) is 13.9. The minimum atomic E-state index is -4.09. The molecule has 2 aromatic rings. The Morgan fingerprint density at radius 2 is 1.58 bits per heavy atom. The molecule has 0 radical (unpaired) electrons. The largest absolute Gasteiger partial charge is 0.233 e. The van der Waals surface area contributed by atoms with Crippen molar-refractivity contribution in [3.63, 3.8) is 0 Å². The average Bonchev–Trinajstić information content (AvgIpc) is 2.42. The van der Waals surface area contributed by atoms with Crippen LogP contribution in [0.4, 0.5) is 4.39 Å². The van der Waals surface area contributed by atoms with E-state index in [-0.39, 0.29) is 4.90 Å². The molecule has 0 aliphatic heterocycles.